The number of hydrogen-bond acceptors (Lipinski definition) is 3. The smallest absolute Gasteiger partial charge is 0.267 e. The molecule has 0 aliphatic heterocycles. The molecule has 0 aliphatic carbocycles. The highest BCUT2D eigenvalue weighted by Gasteiger charge is 2.19. The molecule has 104 valence electrons. The van der Waals surface area contributed by atoms with E-state index in [1.807, 2.05) is 0 Å². The molecule has 20 heavy (non-hydrogen) atoms. The van der Waals surface area contributed by atoms with Crippen molar-refractivity contribution in [2.24, 2.45) is 5.73 Å². The summed E-state index contributed by atoms with van der Waals surface area (Å²) in [5.74, 6) is -4.13. The van der Waals surface area contributed by atoms with E-state index in [-0.39, 0.29) is 11.3 Å². The van der Waals surface area contributed by atoms with Crippen LogP contribution in [0.1, 0.15) is 16.1 Å². The van der Waals surface area contributed by atoms with Gasteiger partial charge in [-0.3, -0.25) is 4.79 Å². The summed E-state index contributed by atoms with van der Waals surface area (Å²) >= 11 is 0. The van der Waals surface area contributed by atoms with Crippen molar-refractivity contribution in [3.8, 4) is 11.3 Å². The van der Waals surface area contributed by atoms with Gasteiger partial charge in [-0.05, 0) is 29.8 Å². The summed E-state index contributed by atoms with van der Waals surface area (Å²) in [5, 5.41) is 8.84. The maximum Gasteiger partial charge on any atom is 0.267 e. The Hall–Kier alpha value is -2.41. The van der Waals surface area contributed by atoms with Crippen molar-refractivity contribution in [1.82, 2.24) is 4.98 Å². The molecular weight excluding hydrogens is 273 g/mol. The number of amides is 1. The number of hydrogen-bond donors (Lipinski definition) is 2. The van der Waals surface area contributed by atoms with Gasteiger partial charge in [0.25, 0.3) is 5.91 Å². The van der Waals surface area contributed by atoms with Crippen molar-refractivity contribution in [2.75, 3.05) is 0 Å². The van der Waals surface area contributed by atoms with Crippen LogP contribution in [0.25, 0.3) is 11.3 Å². The fourth-order valence-electron chi connectivity index (χ4n) is 1.70. The lowest BCUT2D eigenvalue weighted by Crippen LogP contribution is -2.14. The highest BCUT2D eigenvalue weighted by atomic mass is 19.1. The van der Waals surface area contributed by atoms with Gasteiger partial charge in [0.1, 0.15) is 28.8 Å². The Morgan fingerprint density at radius 1 is 1.15 bits per heavy atom. The number of carbonyl (C=O) groups excluding carboxylic acids is 1. The molecule has 1 heterocycles. The third-order valence-electron chi connectivity index (χ3n) is 2.62. The van der Waals surface area contributed by atoms with Gasteiger partial charge in [-0.1, -0.05) is 0 Å². The van der Waals surface area contributed by atoms with Crippen LogP contribution in [0, 0.1) is 17.5 Å². The van der Waals surface area contributed by atoms with E-state index in [4.69, 9.17) is 10.8 Å². The van der Waals surface area contributed by atoms with Crippen molar-refractivity contribution < 1.29 is 23.1 Å². The number of nitrogens with two attached hydrogens (primary N) is 1. The lowest BCUT2D eigenvalue weighted by molar-refractivity contribution is 0.0995. The number of aliphatic hydroxyl groups excluding tert-OH is 1. The fourth-order valence-corrected chi connectivity index (χ4v) is 1.70. The average Bonchev–Trinajstić information content (AvgIpc) is 2.39. The Morgan fingerprint density at radius 2 is 1.75 bits per heavy atom. The van der Waals surface area contributed by atoms with Crippen molar-refractivity contribution in [3.63, 3.8) is 0 Å². The molecular formula is C13H9F3N2O2. The zero-order valence-corrected chi connectivity index (χ0v) is 10.0. The van der Waals surface area contributed by atoms with E-state index in [0.717, 1.165) is 24.3 Å². The van der Waals surface area contributed by atoms with Gasteiger partial charge in [-0.25, -0.2) is 18.2 Å². The molecule has 1 aromatic heterocycles. The van der Waals surface area contributed by atoms with Crippen LogP contribution in [0.2, 0.25) is 0 Å². The second kappa shape index (κ2) is 5.30. The molecule has 0 aliphatic rings. The van der Waals surface area contributed by atoms with E-state index < -0.39 is 41.2 Å². The van der Waals surface area contributed by atoms with Gasteiger partial charge in [0, 0.05) is 0 Å². The normalized spacial score (nSPS) is 10.6. The summed E-state index contributed by atoms with van der Waals surface area (Å²) in [7, 11) is 0. The molecule has 0 saturated heterocycles. The molecule has 0 saturated carbocycles. The first-order chi connectivity index (χ1) is 9.43. The topological polar surface area (TPSA) is 76.2 Å². The number of benzene rings is 1. The molecule has 0 spiro atoms. The predicted octanol–water partition coefficient (Wildman–Crippen LogP) is 1.76. The number of aromatic nitrogens is 1. The molecule has 1 amide bonds. The number of carbonyl (C=O) groups is 1. The number of nitrogens with zero attached hydrogens (tertiary/aromatic N) is 1. The van der Waals surface area contributed by atoms with Gasteiger partial charge in [0.2, 0.25) is 0 Å². The Labute approximate surface area is 111 Å². The number of primary amides is 1. The largest absolute Gasteiger partial charge is 0.392 e. The molecule has 0 radical (unpaired) electrons. The van der Waals surface area contributed by atoms with Crippen molar-refractivity contribution >= 4 is 5.91 Å². The predicted molar refractivity (Wildman–Crippen MR) is 64.0 cm³/mol. The monoisotopic (exact) mass is 282 g/mol. The van der Waals surface area contributed by atoms with Gasteiger partial charge in [0.15, 0.2) is 0 Å². The van der Waals surface area contributed by atoms with Gasteiger partial charge in [-0.15, -0.1) is 0 Å². The molecule has 0 atom stereocenters. The van der Waals surface area contributed by atoms with Crippen LogP contribution in [-0.2, 0) is 6.61 Å². The zero-order valence-electron chi connectivity index (χ0n) is 10.0. The third kappa shape index (κ3) is 2.48. The quantitative estimate of drug-likeness (QED) is 0.900. The van der Waals surface area contributed by atoms with Crippen LogP contribution in [0.5, 0.6) is 0 Å². The van der Waals surface area contributed by atoms with Gasteiger partial charge in [-0.2, -0.15) is 0 Å². The SMILES string of the molecule is NC(=O)c1ccc(F)c(-c2c(F)cc(CO)cc2F)n1. The fraction of sp³-hybridized carbons (Fsp3) is 0.0769. The van der Waals surface area contributed by atoms with Crippen LogP contribution in [0.4, 0.5) is 13.2 Å². The summed E-state index contributed by atoms with van der Waals surface area (Å²) in [6, 6.07) is 3.58. The molecule has 2 rings (SSSR count). The van der Waals surface area contributed by atoms with Gasteiger partial charge < -0.3 is 10.8 Å². The summed E-state index contributed by atoms with van der Waals surface area (Å²) in [4.78, 5) is 14.5. The second-order valence-corrected chi connectivity index (χ2v) is 3.98. The lowest BCUT2D eigenvalue weighted by Gasteiger charge is -2.08. The van der Waals surface area contributed by atoms with Crippen LogP contribution >= 0.6 is 0 Å². The third-order valence-corrected chi connectivity index (χ3v) is 2.62. The van der Waals surface area contributed by atoms with Crippen LogP contribution in [-0.4, -0.2) is 16.0 Å². The van der Waals surface area contributed by atoms with E-state index in [0.29, 0.717) is 0 Å². The molecule has 0 unspecified atom stereocenters. The molecule has 7 heteroatoms. The van der Waals surface area contributed by atoms with Crippen molar-refractivity contribution in [2.45, 2.75) is 6.61 Å². The maximum atomic E-state index is 13.8. The average molecular weight is 282 g/mol. The second-order valence-electron chi connectivity index (χ2n) is 3.98. The van der Waals surface area contributed by atoms with E-state index >= 15 is 0 Å². The highest BCUT2D eigenvalue weighted by molar-refractivity contribution is 5.91. The maximum absolute atomic E-state index is 13.8. The first-order valence-electron chi connectivity index (χ1n) is 5.49. The summed E-state index contributed by atoms with van der Waals surface area (Å²) in [6.45, 7) is -0.564. The first kappa shape index (κ1) is 14.0. The number of halogens is 3. The minimum absolute atomic E-state index is 0.00443. The molecule has 3 N–H and O–H groups in total. The Balaban J connectivity index is 2.68. The highest BCUT2D eigenvalue weighted by Crippen LogP contribution is 2.28. The number of pyridine rings is 1. The van der Waals surface area contributed by atoms with E-state index in [1.54, 1.807) is 0 Å². The van der Waals surface area contributed by atoms with Crippen molar-refractivity contribution in [3.05, 3.63) is 53.0 Å². The summed E-state index contributed by atoms with van der Waals surface area (Å²) in [6.07, 6.45) is 0. The Bertz CT molecular complexity index is 666. The Kier molecular flexibility index (Phi) is 3.71. The van der Waals surface area contributed by atoms with Gasteiger partial charge >= 0.3 is 0 Å². The van der Waals surface area contributed by atoms with Crippen molar-refractivity contribution in [1.29, 1.82) is 0 Å². The minimum Gasteiger partial charge on any atom is -0.392 e. The summed E-state index contributed by atoms with van der Waals surface area (Å²) < 4.78 is 41.3. The first-order valence-corrected chi connectivity index (χ1v) is 5.49. The zero-order chi connectivity index (χ0) is 14.9. The van der Waals surface area contributed by atoms with E-state index in [9.17, 15) is 18.0 Å². The standard InChI is InChI=1S/C13H9F3N2O2/c14-7-1-2-10(13(17)20)18-12(7)11-8(15)3-6(5-19)4-9(11)16/h1-4,19H,5H2,(H2,17,20). The molecule has 2 aromatic rings. The lowest BCUT2D eigenvalue weighted by atomic mass is 10.1. The molecule has 1 aromatic carbocycles. The van der Waals surface area contributed by atoms with Crippen LogP contribution in [0.15, 0.2) is 24.3 Å². The minimum atomic E-state index is -1.10. The van der Waals surface area contributed by atoms with Crippen LogP contribution < -0.4 is 5.73 Å². The van der Waals surface area contributed by atoms with E-state index in [2.05, 4.69) is 4.98 Å². The molecule has 0 fully saturated rings. The molecule has 0 bridgehead atoms. The number of rotatable bonds is 3. The van der Waals surface area contributed by atoms with Crippen LogP contribution in [0.3, 0.4) is 0 Å². The molecule has 4 nitrogen and oxygen atoms in total. The van der Waals surface area contributed by atoms with Gasteiger partial charge in [0.05, 0.1) is 12.2 Å². The number of aliphatic hydroxyl groups is 1. The summed E-state index contributed by atoms with van der Waals surface area (Å²) in [5.41, 5.74) is 3.30. The van der Waals surface area contributed by atoms with E-state index in [1.165, 1.54) is 0 Å². The Morgan fingerprint density at radius 3 is 2.25 bits per heavy atom.